The van der Waals surface area contributed by atoms with Crippen LogP contribution in [-0.2, 0) is 4.74 Å². The van der Waals surface area contributed by atoms with E-state index in [1.807, 2.05) is 44.3 Å². The highest BCUT2D eigenvalue weighted by molar-refractivity contribution is 6.10. The van der Waals surface area contributed by atoms with Gasteiger partial charge >= 0.3 is 5.97 Å². The number of hydrogen-bond donors (Lipinski definition) is 1. The third-order valence-corrected chi connectivity index (χ3v) is 4.06. The summed E-state index contributed by atoms with van der Waals surface area (Å²) in [6.07, 6.45) is 1.82. The fourth-order valence-corrected chi connectivity index (χ4v) is 3.10. The third-order valence-electron chi connectivity index (χ3n) is 4.06. The maximum absolute atomic E-state index is 12.4. The zero-order valence-electron chi connectivity index (χ0n) is 13.7. The lowest BCUT2D eigenvalue weighted by molar-refractivity contribution is 0.0604. The van der Waals surface area contributed by atoms with E-state index in [-0.39, 0.29) is 5.97 Å². The molecule has 23 heavy (non-hydrogen) atoms. The summed E-state index contributed by atoms with van der Waals surface area (Å²) in [5.41, 5.74) is 5.36. The van der Waals surface area contributed by atoms with Gasteiger partial charge in [0.2, 0.25) is 0 Å². The van der Waals surface area contributed by atoms with Gasteiger partial charge in [-0.2, -0.15) is 0 Å². The Hall–Kier alpha value is -2.75. The molecule has 4 nitrogen and oxygen atoms in total. The van der Waals surface area contributed by atoms with Crippen LogP contribution in [0.3, 0.4) is 0 Å². The number of carbonyl (C=O) groups excluding carboxylic acids is 1. The lowest BCUT2D eigenvalue weighted by Crippen LogP contribution is -2.05. The predicted octanol–water partition coefficient (Wildman–Crippen LogP) is 4.25. The summed E-state index contributed by atoms with van der Waals surface area (Å²) in [6, 6.07) is 9.85. The smallest absolute Gasteiger partial charge is 0.339 e. The molecule has 0 fully saturated rings. The van der Waals surface area contributed by atoms with Crippen LogP contribution >= 0.6 is 0 Å². The summed E-state index contributed by atoms with van der Waals surface area (Å²) in [5.74, 6) is 0.398. The first-order chi connectivity index (χ1) is 11.1. The normalized spacial score (nSPS) is 10.8. The van der Waals surface area contributed by atoms with E-state index in [2.05, 4.69) is 11.1 Å². The van der Waals surface area contributed by atoms with Gasteiger partial charge in [-0.05, 0) is 43.2 Å². The number of nitrogens with one attached hydrogen (secondary N) is 1. The minimum atomic E-state index is -0.354. The number of fused-ring (bicyclic) bond motifs is 1. The Bertz CT molecular complexity index is 893. The quantitative estimate of drug-likeness (QED) is 0.736. The minimum Gasteiger partial charge on any atom is -0.496 e. The van der Waals surface area contributed by atoms with Crippen molar-refractivity contribution in [2.24, 2.45) is 0 Å². The summed E-state index contributed by atoms with van der Waals surface area (Å²) in [7, 11) is 3.04. The molecule has 0 aliphatic heterocycles. The van der Waals surface area contributed by atoms with E-state index in [1.165, 1.54) is 7.11 Å². The molecule has 0 atom stereocenters. The number of methoxy groups -OCH3 is 2. The fraction of sp³-hybridized carbons (Fsp3) is 0.211. The van der Waals surface area contributed by atoms with Crippen molar-refractivity contribution < 1.29 is 14.3 Å². The maximum atomic E-state index is 12.4. The Morgan fingerprint density at radius 3 is 2.57 bits per heavy atom. The number of esters is 1. The minimum absolute atomic E-state index is 0.354. The van der Waals surface area contributed by atoms with Crippen molar-refractivity contribution >= 4 is 16.9 Å². The van der Waals surface area contributed by atoms with Gasteiger partial charge in [-0.3, -0.25) is 0 Å². The number of carbonyl (C=O) groups is 1. The highest BCUT2D eigenvalue weighted by Gasteiger charge is 2.21. The highest BCUT2D eigenvalue weighted by atomic mass is 16.5. The molecule has 1 N–H and O–H groups in total. The first kappa shape index (κ1) is 15.2. The number of aromatic amines is 1. The van der Waals surface area contributed by atoms with Crippen LogP contribution in [0.5, 0.6) is 5.75 Å². The lowest BCUT2D eigenvalue weighted by Gasteiger charge is -2.16. The number of aromatic nitrogens is 1. The van der Waals surface area contributed by atoms with Gasteiger partial charge in [0, 0.05) is 28.2 Å². The van der Waals surface area contributed by atoms with Gasteiger partial charge < -0.3 is 14.5 Å². The van der Waals surface area contributed by atoms with E-state index >= 15 is 0 Å². The van der Waals surface area contributed by atoms with Gasteiger partial charge in [0.15, 0.2) is 0 Å². The first-order valence-electron chi connectivity index (χ1n) is 7.40. The van der Waals surface area contributed by atoms with Gasteiger partial charge in [0.25, 0.3) is 0 Å². The maximum Gasteiger partial charge on any atom is 0.339 e. The van der Waals surface area contributed by atoms with Crippen molar-refractivity contribution in [3.63, 3.8) is 0 Å². The van der Waals surface area contributed by atoms with Crippen molar-refractivity contribution in [1.82, 2.24) is 4.98 Å². The van der Waals surface area contributed by atoms with Crippen LogP contribution in [0.15, 0.2) is 36.5 Å². The van der Waals surface area contributed by atoms with Crippen molar-refractivity contribution in [1.29, 1.82) is 0 Å². The summed E-state index contributed by atoms with van der Waals surface area (Å²) < 4.78 is 10.6. The summed E-state index contributed by atoms with van der Waals surface area (Å²) in [6.45, 7) is 4.04. The van der Waals surface area contributed by atoms with E-state index in [9.17, 15) is 4.79 Å². The van der Waals surface area contributed by atoms with Gasteiger partial charge in [0.1, 0.15) is 5.75 Å². The Kier molecular flexibility index (Phi) is 3.82. The number of hydrogen-bond acceptors (Lipinski definition) is 3. The zero-order valence-corrected chi connectivity index (χ0v) is 13.7. The molecule has 0 aliphatic carbocycles. The monoisotopic (exact) mass is 309 g/mol. The highest BCUT2D eigenvalue weighted by Crippen LogP contribution is 2.39. The fourth-order valence-electron chi connectivity index (χ4n) is 3.10. The molecular weight excluding hydrogens is 290 g/mol. The van der Waals surface area contributed by atoms with Gasteiger partial charge in [-0.25, -0.2) is 4.79 Å². The van der Waals surface area contributed by atoms with Crippen LogP contribution in [0.25, 0.3) is 22.0 Å². The molecular formula is C19H19NO3. The van der Waals surface area contributed by atoms with Crippen LogP contribution in [0.4, 0.5) is 0 Å². The van der Waals surface area contributed by atoms with Gasteiger partial charge in [-0.15, -0.1) is 0 Å². The largest absolute Gasteiger partial charge is 0.496 e. The molecule has 0 spiro atoms. The van der Waals surface area contributed by atoms with E-state index in [0.717, 1.165) is 38.9 Å². The van der Waals surface area contributed by atoms with Gasteiger partial charge in [0.05, 0.1) is 19.8 Å². The Morgan fingerprint density at radius 2 is 1.87 bits per heavy atom. The molecule has 2 aromatic carbocycles. The Labute approximate surface area is 135 Å². The lowest BCUT2D eigenvalue weighted by atomic mass is 9.92. The molecule has 0 bridgehead atoms. The van der Waals surface area contributed by atoms with E-state index in [4.69, 9.17) is 9.47 Å². The van der Waals surface area contributed by atoms with Gasteiger partial charge in [-0.1, -0.05) is 12.1 Å². The Balaban J connectivity index is 2.39. The van der Waals surface area contributed by atoms with E-state index in [1.54, 1.807) is 7.11 Å². The molecule has 4 heteroatoms. The molecule has 118 valence electrons. The van der Waals surface area contributed by atoms with Crippen molar-refractivity contribution in [2.45, 2.75) is 13.8 Å². The number of aryl methyl sites for hydroxylation is 2. The van der Waals surface area contributed by atoms with Crippen LogP contribution in [-0.4, -0.2) is 25.2 Å². The van der Waals surface area contributed by atoms with Crippen molar-refractivity contribution in [3.05, 3.63) is 53.2 Å². The third kappa shape index (κ3) is 2.46. The van der Waals surface area contributed by atoms with E-state index in [0.29, 0.717) is 5.56 Å². The molecule has 3 rings (SSSR count). The molecule has 1 aromatic heterocycles. The average Bonchev–Trinajstić information content (AvgIpc) is 3.01. The molecule has 0 radical (unpaired) electrons. The Morgan fingerprint density at radius 1 is 1.09 bits per heavy atom. The number of H-pyrrole nitrogens is 1. The second-order valence-electron chi connectivity index (χ2n) is 5.58. The number of ether oxygens (including phenoxy) is 2. The molecule has 0 unspecified atom stereocenters. The number of rotatable bonds is 3. The summed E-state index contributed by atoms with van der Waals surface area (Å²) in [4.78, 5) is 15.6. The molecule has 0 amide bonds. The molecule has 0 saturated heterocycles. The molecule has 0 saturated carbocycles. The second kappa shape index (κ2) is 5.80. The molecule has 1 heterocycles. The zero-order chi connectivity index (χ0) is 16.6. The molecule has 3 aromatic rings. The van der Waals surface area contributed by atoms with Crippen molar-refractivity contribution in [2.75, 3.05) is 14.2 Å². The van der Waals surface area contributed by atoms with Crippen LogP contribution in [0.1, 0.15) is 21.5 Å². The topological polar surface area (TPSA) is 51.3 Å². The summed E-state index contributed by atoms with van der Waals surface area (Å²) in [5, 5.41) is 0.844. The average molecular weight is 309 g/mol. The number of benzene rings is 2. The second-order valence-corrected chi connectivity index (χ2v) is 5.58. The first-order valence-corrected chi connectivity index (χ1v) is 7.40. The molecule has 0 aliphatic rings. The van der Waals surface area contributed by atoms with Crippen molar-refractivity contribution in [3.8, 4) is 16.9 Å². The standard InChI is InChI=1S/C19H19NO3/c1-11-9-12(2)17(16(10-11)22-3)14-5-6-15-13(7-8-20-15)18(14)19(21)23-4/h5-10,20H,1-4H3. The van der Waals surface area contributed by atoms with E-state index < -0.39 is 0 Å². The van der Waals surface area contributed by atoms with Crippen LogP contribution < -0.4 is 4.74 Å². The van der Waals surface area contributed by atoms with Crippen LogP contribution in [0.2, 0.25) is 0 Å². The summed E-state index contributed by atoms with van der Waals surface area (Å²) >= 11 is 0. The SMILES string of the molecule is COC(=O)c1c(-c2c(C)cc(C)cc2OC)ccc2[nH]ccc12. The predicted molar refractivity (Wildman–Crippen MR) is 91.1 cm³/mol. The van der Waals surface area contributed by atoms with Crippen LogP contribution in [0, 0.1) is 13.8 Å².